The third-order valence-corrected chi connectivity index (χ3v) is 5.76. The number of nitrogens with zero attached hydrogens (tertiary/aromatic N) is 2. The number of guanidine groups is 1. The number of hydrogen-bond acceptors (Lipinski definition) is 3. The second kappa shape index (κ2) is 11.3. The van der Waals surface area contributed by atoms with Crippen LogP contribution < -0.4 is 10.6 Å². The van der Waals surface area contributed by atoms with Crippen LogP contribution in [0.4, 0.5) is 4.39 Å². The van der Waals surface area contributed by atoms with Gasteiger partial charge >= 0.3 is 0 Å². The molecule has 2 fully saturated rings. The Balaban J connectivity index is 0.00000243. The van der Waals surface area contributed by atoms with Crippen molar-refractivity contribution in [1.82, 2.24) is 15.5 Å². The Morgan fingerprint density at radius 1 is 1.23 bits per heavy atom. The van der Waals surface area contributed by atoms with Crippen LogP contribution in [0.25, 0.3) is 0 Å². The highest BCUT2D eigenvalue weighted by atomic mass is 127. The molecule has 4 nitrogen and oxygen atoms in total. The highest BCUT2D eigenvalue weighted by molar-refractivity contribution is 14.0. The molecule has 0 unspecified atom stereocenters. The Kier molecular flexibility index (Phi) is 9.49. The maximum Gasteiger partial charge on any atom is 0.191 e. The molecule has 26 heavy (non-hydrogen) atoms. The van der Waals surface area contributed by atoms with E-state index in [1.807, 2.05) is 12.1 Å². The first-order chi connectivity index (χ1) is 12.3. The molecular formula is C19H30FIN4S. The molecule has 2 aliphatic rings. The van der Waals surface area contributed by atoms with Crippen LogP contribution in [0.1, 0.15) is 32.6 Å². The van der Waals surface area contributed by atoms with Gasteiger partial charge in [0.1, 0.15) is 5.82 Å². The third-order valence-electron chi connectivity index (χ3n) is 4.73. The van der Waals surface area contributed by atoms with E-state index in [9.17, 15) is 4.39 Å². The van der Waals surface area contributed by atoms with Gasteiger partial charge in [0, 0.05) is 42.4 Å². The average Bonchev–Trinajstić information content (AvgIpc) is 3.46. The maximum absolute atomic E-state index is 13.6. The molecule has 1 aliphatic carbocycles. The molecule has 0 radical (unpaired) electrons. The Bertz CT molecular complexity index is 574. The molecular weight excluding hydrogens is 462 g/mol. The van der Waals surface area contributed by atoms with E-state index in [1.165, 1.54) is 56.6 Å². The second-order valence-corrected chi connectivity index (χ2v) is 7.86. The molecule has 0 atom stereocenters. The molecule has 1 saturated heterocycles. The quantitative estimate of drug-likeness (QED) is 0.200. The van der Waals surface area contributed by atoms with Crippen molar-refractivity contribution in [3.05, 3.63) is 30.1 Å². The van der Waals surface area contributed by atoms with Crippen LogP contribution in [0, 0.1) is 5.82 Å². The number of hydrogen-bond donors (Lipinski definition) is 2. The lowest BCUT2D eigenvalue weighted by atomic mass is 10.1. The van der Waals surface area contributed by atoms with Crippen molar-refractivity contribution in [3.63, 3.8) is 0 Å². The fourth-order valence-corrected chi connectivity index (χ4v) is 4.02. The van der Waals surface area contributed by atoms with Crippen molar-refractivity contribution in [3.8, 4) is 0 Å². The number of nitrogens with one attached hydrogen (secondary N) is 2. The summed E-state index contributed by atoms with van der Waals surface area (Å²) in [6.07, 6.45) is 5.15. The first-order valence-corrected chi connectivity index (χ1v) is 10.4. The molecule has 146 valence electrons. The Labute approximate surface area is 177 Å². The van der Waals surface area contributed by atoms with E-state index in [-0.39, 0.29) is 29.8 Å². The fraction of sp³-hybridized carbons (Fsp3) is 0.632. The SMILES string of the molecule is CCNC(=NCCSc1ccccc1F)NC1CCN(C2CC2)CC1.I. The zero-order valence-corrected chi connectivity index (χ0v) is 18.6. The highest BCUT2D eigenvalue weighted by Gasteiger charge is 2.31. The van der Waals surface area contributed by atoms with E-state index in [0.29, 0.717) is 17.5 Å². The summed E-state index contributed by atoms with van der Waals surface area (Å²) in [5.74, 6) is 1.52. The molecule has 0 bridgehead atoms. The van der Waals surface area contributed by atoms with Gasteiger partial charge in [-0.25, -0.2) is 4.39 Å². The van der Waals surface area contributed by atoms with E-state index >= 15 is 0 Å². The van der Waals surface area contributed by atoms with Crippen LogP contribution in [-0.2, 0) is 0 Å². The van der Waals surface area contributed by atoms with E-state index in [4.69, 9.17) is 0 Å². The minimum atomic E-state index is -0.149. The number of benzene rings is 1. The first-order valence-electron chi connectivity index (χ1n) is 9.42. The summed E-state index contributed by atoms with van der Waals surface area (Å²) in [4.78, 5) is 7.99. The molecule has 1 aromatic rings. The van der Waals surface area contributed by atoms with Gasteiger partial charge in [-0.3, -0.25) is 4.99 Å². The predicted molar refractivity (Wildman–Crippen MR) is 119 cm³/mol. The Morgan fingerprint density at radius 3 is 2.62 bits per heavy atom. The molecule has 1 aliphatic heterocycles. The molecule has 0 amide bonds. The summed E-state index contributed by atoms with van der Waals surface area (Å²) in [5, 5.41) is 6.90. The zero-order chi connectivity index (χ0) is 17.5. The van der Waals surface area contributed by atoms with Gasteiger partial charge in [-0.05, 0) is 44.7 Å². The van der Waals surface area contributed by atoms with Gasteiger partial charge in [0.2, 0.25) is 0 Å². The summed E-state index contributed by atoms with van der Waals surface area (Å²) in [6, 6.07) is 8.30. The number of halogens is 2. The number of piperidine rings is 1. The van der Waals surface area contributed by atoms with Crippen molar-refractivity contribution in [2.75, 3.05) is 31.9 Å². The minimum Gasteiger partial charge on any atom is -0.357 e. The monoisotopic (exact) mass is 492 g/mol. The van der Waals surface area contributed by atoms with Gasteiger partial charge in [-0.1, -0.05) is 12.1 Å². The lowest BCUT2D eigenvalue weighted by Gasteiger charge is -2.33. The van der Waals surface area contributed by atoms with E-state index in [0.717, 1.165) is 24.3 Å². The van der Waals surface area contributed by atoms with Crippen LogP contribution in [0.2, 0.25) is 0 Å². The summed E-state index contributed by atoms with van der Waals surface area (Å²) >= 11 is 1.52. The van der Waals surface area contributed by atoms with Gasteiger partial charge in [0.25, 0.3) is 0 Å². The predicted octanol–water partition coefficient (Wildman–Crippen LogP) is 3.72. The topological polar surface area (TPSA) is 39.7 Å². The number of likely N-dealkylation sites (tertiary alicyclic amines) is 1. The lowest BCUT2D eigenvalue weighted by molar-refractivity contribution is 0.197. The smallest absolute Gasteiger partial charge is 0.191 e. The fourth-order valence-electron chi connectivity index (χ4n) is 3.24. The van der Waals surface area contributed by atoms with Crippen molar-refractivity contribution >= 4 is 41.7 Å². The highest BCUT2D eigenvalue weighted by Crippen LogP contribution is 2.29. The van der Waals surface area contributed by atoms with Crippen LogP contribution in [-0.4, -0.2) is 54.9 Å². The molecule has 0 aromatic heterocycles. The molecule has 2 N–H and O–H groups in total. The summed E-state index contributed by atoms with van der Waals surface area (Å²) in [6.45, 7) is 6.01. The second-order valence-electron chi connectivity index (χ2n) is 6.73. The van der Waals surface area contributed by atoms with Crippen molar-refractivity contribution in [2.24, 2.45) is 4.99 Å². The van der Waals surface area contributed by atoms with E-state index in [2.05, 4.69) is 27.4 Å². The number of aliphatic imine (C=N–C) groups is 1. The van der Waals surface area contributed by atoms with Gasteiger partial charge in [0.05, 0.1) is 6.54 Å². The Hall–Kier alpha value is -0.540. The Morgan fingerprint density at radius 2 is 1.96 bits per heavy atom. The van der Waals surface area contributed by atoms with Crippen LogP contribution in [0.3, 0.4) is 0 Å². The van der Waals surface area contributed by atoms with Crippen LogP contribution in [0.15, 0.2) is 34.2 Å². The standard InChI is InChI=1S/C19H29FN4S.HI/c1-2-21-19(22-11-14-25-18-6-4-3-5-17(18)20)23-15-9-12-24(13-10-15)16-7-8-16;/h3-6,15-16H,2,7-14H2,1H3,(H2,21,22,23);1H. The number of rotatable bonds is 7. The summed E-state index contributed by atoms with van der Waals surface area (Å²) in [5.41, 5.74) is 0. The van der Waals surface area contributed by atoms with Gasteiger partial charge < -0.3 is 15.5 Å². The lowest BCUT2D eigenvalue weighted by Crippen LogP contribution is -2.49. The molecule has 1 heterocycles. The molecule has 1 aromatic carbocycles. The average molecular weight is 492 g/mol. The maximum atomic E-state index is 13.6. The van der Waals surface area contributed by atoms with Crippen LogP contribution >= 0.6 is 35.7 Å². The molecule has 3 rings (SSSR count). The molecule has 1 saturated carbocycles. The largest absolute Gasteiger partial charge is 0.357 e. The van der Waals surface area contributed by atoms with Crippen molar-refractivity contribution in [2.45, 2.75) is 49.6 Å². The summed E-state index contributed by atoms with van der Waals surface area (Å²) in [7, 11) is 0. The summed E-state index contributed by atoms with van der Waals surface area (Å²) < 4.78 is 13.6. The van der Waals surface area contributed by atoms with Gasteiger partial charge in [0.15, 0.2) is 5.96 Å². The van der Waals surface area contributed by atoms with Crippen LogP contribution in [0.5, 0.6) is 0 Å². The third kappa shape index (κ3) is 6.88. The first kappa shape index (κ1) is 21.8. The number of thioether (sulfide) groups is 1. The van der Waals surface area contributed by atoms with Crippen molar-refractivity contribution in [1.29, 1.82) is 0 Å². The van der Waals surface area contributed by atoms with Gasteiger partial charge in [-0.2, -0.15) is 0 Å². The van der Waals surface area contributed by atoms with Crippen molar-refractivity contribution < 1.29 is 4.39 Å². The molecule has 7 heteroatoms. The minimum absolute atomic E-state index is 0. The van der Waals surface area contributed by atoms with Gasteiger partial charge in [-0.15, -0.1) is 35.7 Å². The normalized spacial score (nSPS) is 19.1. The van der Waals surface area contributed by atoms with E-state index in [1.54, 1.807) is 6.07 Å². The molecule has 0 spiro atoms. The zero-order valence-electron chi connectivity index (χ0n) is 15.4. The van der Waals surface area contributed by atoms with E-state index < -0.39 is 0 Å².